The molecule has 1 atom stereocenters. The van der Waals surface area contributed by atoms with Gasteiger partial charge in [0.25, 0.3) is 0 Å². The van der Waals surface area contributed by atoms with Crippen LogP contribution in [0.15, 0.2) is 12.1 Å². The quantitative estimate of drug-likeness (QED) is 0.803. The third-order valence-electron chi connectivity index (χ3n) is 1.67. The van der Waals surface area contributed by atoms with Crippen LogP contribution >= 0.6 is 11.3 Å². The molecule has 0 spiro atoms. The number of hydrogen-bond donors (Lipinski definition) is 1. The summed E-state index contributed by atoms with van der Waals surface area (Å²) in [5, 5.41) is 12.1. The van der Waals surface area contributed by atoms with Crippen LogP contribution in [-0.2, 0) is 0 Å². The standard InChI is InChI=1S/C10H14N2S/c1-7(2)12-9(6-11)10-5-4-8(3)13-10/h4-5,7,9,12H,1-3H3. The van der Waals surface area contributed by atoms with Gasteiger partial charge in [-0.2, -0.15) is 5.26 Å². The van der Waals surface area contributed by atoms with Crippen molar-refractivity contribution in [1.82, 2.24) is 5.32 Å². The fourth-order valence-electron chi connectivity index (χ4n) is 1.12. The van der Waals surface area contributed by atoms with Gasteiger partial charge in [-0.3, -0.25) is 5.32 Å². The molecular weight excluding hydrogens is 180 g/mol. The maximum atomic E-state index is 8.93. The molecule has 0 amide bonds. The molecule has 0 saturated carbocycles. The van der Waals surface area contributed by atoms with Crippen molar-refractivity contribution in [3.63, 3.8) is 0 Å². The Morgan fingerprint density at radius 2 is 2.15 bits per heavy atom. The molecule has 0 radical (unpaired) electrons. The van der Waals surface area contributed by atoms with E-state index in [1.54, 1.807) is 11.3 Å². The van der Waals surface area contributed by atoms with Gasteiger partial charge in [-0.15, -0.1) is 11.3 Å². The van der Waals surface area contributed by atoms with Gasteiger partial charge in [0.15, 0.2) is 0 Å². The summed E-state index contributed by atoms with van der Waals surface area (Å²) in [7, 11) is 0. The van der Waals surface area contributed by atoms with Crippen LogP contribution in [-0.4, -0.2) is 6.04 Å². The number of rotatable bonds is 3. The van der Waals surface area contributed by atoms with Crippen LogP contribution in [0.4, 0.5) is 0 Å². The zero-order chi connectivity index (χ0) is 9.84. The van der Waals surface area contributed by atoms with Crippen LogP contribution in [0.1, 0.15) is 29.6 Å². The number of hydrogen-bond acceptors (Lipinski definition) is 3. The summed E-state index contributed by atoms with van der Waals surface area (Å²) in [6.07, 6.45) is 0. The van der Waals surface area contributed by atoms with Crippen LogP contribution in [0.3, 0.4) is 0 Å². The van der Waals surface area contributed by atoms with Gasteiger partial charge in [-0.1, -0.05) is 0 Å². The zero-order valence-corrected chi connectivity index (χ0v) is 8.98. The van der Waals surface area contributed by atoms with Crippen LogP contribution < -0.4 is 5.32 Å². The number of nitrogens with zero attached hydrogens (tertiary/aromatic N) is 1. The molecule has 1 unspecified atom stereocenters. The Bertz CT molecular complexity index is 309. The SMILES string of the molecule is Cc1ccc(C(C#N)NC(C)C)s1. The number of nitriles is 1. The topological polar surface area (TPSA) is 35.8 Å². The second-order valence-corrected chi connectivity index (χ2v) is 4.65. The van der Waals surface area contributed by atoms with Crippen LogP contribution in [0.25, 0.3) is 0 Å². The predicted molar refractivity (Wildman–Crippen MR) is 55.7 cm³/mol. The molecule has 0 saturated heterocycles. The summed E-state index contributed by atoms with van der Waals surface area (Å²) in [6.45, 7) is 6.15. The van der Waals surface area contributed by atoms with Crippen molar-refractivity contribution in [3.8, 4) is 6.07 Å². The molecule has 70 valence electrons. The Morgan fingerprint density at radius 3 is 2.54 bits per heavy atom. The average Bonchev–Trinajstić information content (AvgIpc) is 2.47. The fraction of sp³-hybridized carbons (Fsp3) is 0.500. The fourth-order valence-corrected chi connectivity index (χ4v) is 2.01. The lowest BCUT2D eigenvalue weighted by molar-refractivity contribution is 0.551. The van der Waals surface area contributed by atoms with Gasteiger partial charge in [0, 0.05) is 15.8 Å². The predicted octanol–water partition coefficient (Wildman–Crippen LogP) is 2.62. The van der Waals surface area contributed by atoms with Gasteiger partial charge < -0.3 is 0 Å². The minimum absolute atomic E-state index is 0.154. The molecule has 0 bridgehead atoms. The smallest absolute Gasteiger partial charge is 0.130 e. The summed E-state index contributed by atoms with van der Waals surface area (Å²) in [5.41, 5.74) is 0. The van der Waals surface area contributed by atoms with Crippen LogP contribution in [0.5, 0.6) is 0 Å². The average molecular weight is 194 g/mol. The highest BCUT2D eigenvalue weighted by Crippen LogP contribution is 2.22. The molecule has 0 aliphatic heterocycles. The van der Waals surface area contributed by atoms with E-state index >= 15 is 0 Å². The third-order valence-corrected chi connectivity index (χ3v) is 2.74. The number of nitrogens with one attached hydrogen (secondary N) is 1. The van der Waals surface area contributed by atoms with Gasteiger partial charge in [-0.25, -0.2) is 0 Å². The Kier molecular flexibility index (Phi) is 3.47. The minimum atomic E-state index is -0.154. The van der Waals surface area contributed by atoms with Gasteiger partial charge >= 0.3 is 0 Å². The lowest BCUT2D eigenvalue weighted by Crippen LogP contribution is -2.26. The van der Waals surface area contributed by atoms with E-state index in [1.165, 1.54) is 4.88 Å². The van der Waals surface area contributed by atoms with E-state index in [9.17, 15) is 0 Å². The molecule has 0 aliphatic carbocycles. The second-order valence-electron chi connectivity index (χ2n) is 3.33. The molecule has 0 aromatic carbocycles. The highest BCUT2D eigenvalue weighted by molar-refractivity contribution is 7.12. The van der Waals surface area contributed by atoms with Gasteiger partial charge in [0.1, 0.15) is 6.04 Å². The summed E-state index contributed by atoms with van der Waals surface area (Å²) >= 11 is 1.68. The monoisotopic (exact) mass is 194 g/mol. The van der Waals surface area contributed by atoms with E-state index in [1.807, 2.05) is 26.0 Å². The van der Waals surface area contributed by atoms with E-state index in [0.717, 1.165) is 4.88 Å². The minimum Gasteiger partial charge on any atom is -0.295 e. The van der Waals surface area contributed by atoms with Crippen molar-refractivity contribution in [2.24, 2.45) is 0 Å². The first-order chi connectivity index (χ1) is 6.13. The molecule has 2 nitrogen and oxygen atoms in total. The molecule has 1 aromatic rings. The molecule has 1 heterocycles. The molecular formula is C10H14N2S. The highest BCUT2D eigenvalue weighted by Gasteiger charge is 2.12. The Balaban J connectivity index is 2.74. The third kappa shape index (κ3) is 2.83. The van der Waals surface area contributed by atoms with Gasteiger partial charge in [-0.05, 0) is 32.9 Å². The van der Waals surface area contributed by atoms with E-state index in [-0.39, 0.29) is 6.04 Å². The van der Waals surface area contributed by atoms with Gasteiger partial charge in [0.05, 0.1) is 6.07 Å². The lowest BCUT2D eigenvalue weighted by Gasteiger charge is -2.12. The van der Waals surface area contributed by atoms with Crippen molar-refractivity contribution in [2.75, 3.05) is 0 Å². The molecule has 1 N–H and O–H groups in total. The molecule has 1 rings (SSSR count). The van der Waals surface area contributed by atoms with E-state index < -0.39 is 0 Å². The maximum absolute atomic E-state index is 8.93. The summed E-state index contributed by atoms with van der Waals surface area (Å²) in [4.78, 5) is 2.36. The Morgan fingerprint density at radius 1 is 1.46 bits per heavy atom. The first-order valence-corrected chi connectivity index (χ1v) is 5.17. The van der Waals surface area contributed by atoms with E-state index in [0.29, 0.717) is 6.04 Å². The Hall–Kier alpha value is -0.850. The summed E-state index contributed by atoms with van der Waals surface area (Å²) in [6, 6.07) is 6.51. The molecule has 0 aliphatic rings. The highest BCUT2D eigenvalue weighted by atomic mass is 32.1. The largest absolute Gasteiger partial charge is 0.295 e. The van der Waals surface area contributed by atoms with Crippen molar-refractivity contribution in [1.29, 1.82) is 5.26 Å². The number of thiophene rings is 1. The van der Waals surface area contributed by atoms with Gasteiger partial charge in [0.2, 0.25) is 0 Å². The Labute approximate surface area is 83.2 Å². The van der Waals surface area contributed by atoms with E-state index in [4.69, 9.17) is 5.26 Å². The summed E-state index contributed by atoms with van der Waals surface area (Å²) in [5.74, 6) is 0. The maximum Gasteiger partial charge on any atom is 0.130 e. The normalized spacial score (nSPS) is 12.8. The van der Waals surface area contributed by atoms with Crippen molar-refractivity contribution in [2.45, 2.75) is 32.9 Å². The number of aryl methyl sites for hydroxylation is 1. The zero-order valence-electron chi connectivity index (χ0n) is 8.16. The van der Waals surface area contributed by atoms with Crippen LogP contribution in [0, 0.1) is 18.3 Å². The molecule has 13 heavy (non-hydrogen) atoms. The van der Waals surface area contributed by atoms with E-state index in [2.05, 4.69) is 18.3 Å². The summed E-state index contributed by atoms with van der Waals surface area (Å²) < 4.78 is 0. The van der Waals surface area contributed by atoms with Crippen molar-refractivity contribution >= 4 is 11.3 Å². The molecule has 3 heteroatoms. The second kappa shape index (κ2) is 4.40. The first kappa shape index (κ1) is 10.2. The van der Waals surface area contributed by atoms with Crippen molar-refractivity contribution in [3.05, 3.63) is 21.9 Å². The first-order valence-electron chi connectivity index (χ1n) is 4.35. The van der Waals surface area contributed by atoms with Crippen LogP contribution in [0.2, 0.25) is 0 Å². The molecule has 0 fully saturated rings. The molecule has 1 aromatic heterocycles. The van der Waals surface area contributed by atoms with Crippen molar-refractivity contribution < 1.29 is 0 Å². The lowest BCUT2D eigenvalue weighted by atomic mass is 10.2.